The second-order valence-corrected chi connectivity index (χ2v) is 6.34. The number of carboxylic acids is 1. The third-order valence-electron chi connectivity index (χ3n) is 4.48. The highest BCUT2D eigenvalue weighted by Crippen LogP contribution is 2.25. The summed E-state index contributed by atoms with van der Waals surface area (Å²) in [6.07, 6.45) is 0.807. The molecule has 1 saturated heterocycles. The van der Waals surface area contributed by atoms with Crippen molar-refractivity contribution in [3.05, 3.63) is 59.7 Å². The van der Waals surface area contributed by atoms with Gasteiger partial charge in [-0.25, -0.2) is 0 Å². The molecule has 130 valence electrons. The largest absolute Gasteiger partial charge is 0.481 e. The van der Waals surface area contributed by atoms with E-state index in [-0.39, 0.29) is 12.3 Å². The van der Waals surface area contributed by atoms with Crippen LogP contribution in [0.3, 0.4) is 0 Å². The van der Waals surface area contributed by atoms with Gasteiger partial charge in [-0.15, -0.1) is 0 Å². The van der Waals surface area contributed by atoms with Gasteiger partial charge in [-0.2, -0.15) is 0 Å². The van der Waals surface area contributed by atoms with Crippen LogP contribution in [0, 0.1) is 12.8 Å². The molecule has 1 unspecified atom stereocenters. The van der Waals surface area contributed by atoms with Crippen LogP contribution in [0.25, 0.3) is 0 Å². The Morgan fingerprint density at radius 2 is 1.92 bits per heavy atom. The Morgan fingerprint density at radius 3 is 2.56 bits per heavy atom. The van der Waals surface area contributed by atoms with Crippen molar-refractivity contribution in [2.45, 2.75) is 19.8 Å². The van der Waals surface area contributed by atoms with Gasteiger partial charge in [-0.3, -0.25) is 9.59 Å². The number of para-hydroxylation sites is 1. The zero-order chi connectivity index (χ0) is 17.8. The highest BCUT2D eigenvalue weighted by molar-refractivity contribution is 5.86. The highest BCUT2D eigenvalue weighted by Gasteiger charge is 2.33. The molecule has 0 aromatic heterocycles. The minimum atomic E-state index is -0.895. The Morgan fingerprint density at radius 1 is 1.20 bits per heavy atom. The Hall–Kier alpha value is -2.82. The first kappa shape index (κ1) is 17.0. The van der Waals surface area contributed by atoms with Crippen LogP contribution >= 0.6 is 0 Å². The minimum Gasteiger partial charge on any atom is -0.481 e. The molecule has 1 fully saturated rings. The Balaban J connectivity index is 1.55. The van der Waals surface area contributed by atoms with E-state index in [4.69, 9.17) is 9.84 Å². The first-order chi connectivity index (χ1) is 12.0. The maximum Gasteiger partial charge on any atom is 0.308 e. The van der Waals surface area contributed by atoms with Crippen LogP contribution in [0.2, 0.25) is 0 Å². The molecule has 0 saturated carbocycles. The predicted molar refractivity (Wildman–Crippen MR) is 93.7 cm³/mol. The molecule has 0 spiro atoms. The molecule has 1 heterocycles. The van der Waals surface area contributed by atoms with Gasteiger partial charge in [0, 0.05) is 19.5 Å². The summed E-state index contributed by atoms with van der Waals surface area (Å²) in [6.45, 7) is 2.85. The molecule has 1 atom stereocenters. The van der Waals surface area contributed by atoms with Gasteiger partial charge < -0.3 is 14.7 Å². The lowest BCUT2D eigenvalue weighted by Crippen LogP contribution is -2.28. The van der Waals surface area contributed by atoms with Crippen LogP contribution in [-0.2, 0) is 16.0 Å². The average Bonchev–Trinajstić information content (AvgIpc) is 2.98. The summed E-state index contributed by atoms with van der Waals surface area (Å²) in [5.41, 5.74) is 2.16. The van der Waals surface area contributed by atoms with Gasteiger partial charge in [0.05, 0.1) is 5.92 Å². The number of ether oxygens (including phenoxy) is 1. The van der Waals surface area contributed by atoms with Crippen molar-refractivity contribution in [1.82, 2.24) is 4.90 Å². The number of carbonyl (C=O) groups is 2. The summed E-state index contributed by atoms with van der Waals surface area (Å²) in [5.74, 6) is 0.0525. The fourth-order valence-electron chi connectivity index (χ4n) is 2.94. The molecule has 2 aromatic carbocycles. The molecule has 1 aliphatic heterocycles. The van der Waals surface area contributed by atoms with E-state index in [0.29, 0.717) is 19.5 Å². The molecule has 0 bridgehead atoms. The number of benzene rings is 2. The molecule has 1 aliphatic rings. The summed E-state index contributed by atoms with van der Waals surface area (Å²) < 4.78 is 5.87. The van der Waals surface area contributed by atoms with Crippen molar-refractivity contribution in [3.63, 3.8) is 0 Å². The molecule has 3 rings (SSSR count). The van der Waals surface area contributed by atoms with Crippen molar-refractivity contribution in [2.75, 3.05) is 13.1 Å². The summed E-state index contributed by atoms with van der Waals surface area (Å²) in [4.78, 5) is 24.5. The SMILES string of the molecule is Cc1ccccc1Oc1ccc(CCN2CC(C(=O)O)CC2=O)cc1. The maximum atomic E-state index is 11.8. The quantitative estimate of drug-likeness (QED) is 0.877. The van der Waals surface area contributed by atoms with E-state index in [0.717, 1.165) is 22.6 Å². The highest BCUT2D eigenvalue weighted by atomic mass is 16.5. The van der Waals surface area contributed by atoms with E-state index in [1.165, 1.54) is 0 Å². The molecule has 25 heavy (non-hydrogen) atoms. The third-order valence-corrected chi connectivity index (χ3v) is 4.48. The zero-order valence-corrected chi connectivity index (χ0v) is 14.1. The van der Waals surface area contributed by atoms with Crippen molar-refractivity contribution in [1.29, 1.82) is 0 Å². The molecular formula is C20H21NO4. The smallest absolute Gasteiger partial charge is 0.308 e. The van der Waals surface area contributed by atoms with E-state index in [1.54, 1.807) is 4.90 Å². The molecule has 2 aromatic rings. The second-order valence-electron chi connectivity index (χ2n) is 6.34. The summed E-state index contributed by atoms with van der Waals surface area (Å²) >= 11 is 0. The van der Waals surface area contributed by atoms with Crippen LogP contribution in [0.1, 0.15) is 17.5 Å². The molecule has 0 radical (unpaired) electrons. The molecule has 0 aliphatic carbocycles. The van der Waals surface area contributed by atoms with E-state index < -0.39 is 11.9 Å². The minimum absolute atomic E-state index is 0.0769. The Labute approximate surface area is 146 Å². The van der Waals surface area contributed by atoms with E-state index in [2.05, 4.69) is 0 Å². The van der Waals surface area contributed by atoms with Gasteiger partial charge in [0.15, 0.2) is 0 Å². The average molecular weight is 339 g/mol. The molecular weight excluding hydrogens is 318 g/mol. The number of carbonyl (C=O) groups excluding carboxylic acids is 1. The van der Waals surface area contributed by atoms with Crippen molar-refractivity contribution in [3.8, 4) is 11.5 Å². The van der Waals surface area contributed by atoms with Crippen LogP contribution < -0.4 is 4.74 Å². The van der Waals surface area contributed by atoms with E-state index in [1.807, 2.05) is 55.5 Å². The monoisotopic (exact) mass is 339 g/mol. The normalized spacial score (nSPS) is 16.9. The van der Waals surface area contributed by atoms with Crippen LogP contribution in [0.15, 0.2) is 48.5 Å². The fraction of sp³-hybridized carbons (Fsp3) is 0.300. The van der Waals surface area contributed by atoms with E-state index in [9.17, 15) is 9.59 Å². The van der Waals surface area contributed by atoms with E-state index >= 15 is 0 Å². The third kappa shape index (κ3) is 4.18. The van der Waals surface area contributed by atoms with Crippen molar-refractivity contribution >= 4 is 11.9 Å². The number of rotatable bonds is 6. The number of carboxylic acid groups (broad SMARTS) is 1. The molecule has 5 nitrogen and oxygen atoms in total. The Bertz CT molecular complexity index is 770. The molecule has 1 amide bonds. The number of amides is 1. The molecule has 1 N–H and O–H groups in total. The first-order valence-electron chi connectivity index (χ1n) is 8.36. The number of hydrogen-bond acceptors (Lipinski definition) is 3. The fourth-order valence-corrected chi connectivity index (χ4v) is 2.94. The summed E-state index contributed by atoms with van der Waals surface area (Å²) in [7, 11) is 0. The van der Waals surface area contributed by atoms with Gasteiger partial charge in [-0.05, 0) is 42.7 Å². The van der Waals surface area contributed by atoms with Crippen molar-refractivity contribution < 1.29 is 19.4 Å². The predicted octanol–water partition coefficient (Wildman–Crippen LogP) is 3.26. The number of nitrogens with zero attached hydrogens (tertiary/aromatic N) is 1. The topological polar surface area (TPSA) is 66.8 Å². The summed E-state index contributed by atoms with van der Waals surface area (Å²) in [5, 5.41) is 9.01. The Kier molecular flexibility index (Phi) is 5.03. The number of aryl methyl sites for hydroxylation is 1. The van der Waals surface area contributed by atoms with Gasteiger partial charge in [0.25, 0.3) is 0 Å². The lowest BCUT2D eigenvalue weighted by atomic mass is 10.1. The standard InChI is InChI=1S/C20H21NO4/c1-14-4-2-3-5-18(14)25-17-8-6-15(7-9-17)10-11-21-13-16(20(23)24)12-19(21)22/h2-9,16H,10-13H2,1H3,(H,23,24). The van der Waals surface area contributed by atoms with Crippen LogP contribution in [0.5, 0.6) is 11.5 Å². The summed E-state index contributed by atoms with van der Waals surface area (Å²) in [6, 6.07) is 15.6. The lowest BCUT2D eigenvalue weighted by molar-refractivity contribution is -0.141. The number of aliphatic carboxylic acids is 1. The van der Waals surface area contributed by atoms with Gasteiger partial charge in [0.1, 0.15) is 11.5 Å². The number of hydrogen-bond donors (Lipinski definition) is 1. The first-order valence-corrected chi connectivity index (χ1v) is 8.36. The van der Waals surface area contributed by atoms with Crippen LogP contribution in [-0.4, -0.2) is 35.0 Å². The maximum absolute atomic E-state index is 11.8. The molecule has 5 heteroatoms. The zero-order valence-electron chi connectivity index (χ0n) is 14.1. The second kappa shape index (κ2) is 7.38. The number of likely N-dealkylation sites (tertiary alicyclic amines) is 1. The van der Waals surface area contributed by atoms with Crippen molar-refractivity contribution in [2.24, 2.45) is 5.92 Å². The van der Waals surface area contributed by atoms with Crippen LogP contribution in [0.4, 0.5) is 0 Å². The lowest BCUT2D eigenvalue weighted by Gasteiger charge is -2.16. The van der Waals surface area contributed by atoms with Gasteiger partial charge in [0.2, 0.25) is 5.91 Å². The van der Waals surface area contributed by atoms with Gasteiger partial charge >= 0.3 is 5.97 Å². The van der Waals surface area contributed by atoms with Gasteiger partial charge in [-0.1, -0.05) is 30.3 Å².